The fourth-order valence-corrected chi connectivity index (χ4v) is 4.59. The van der Waals surface area contributed by atoms with Crippen molar-refractivity contribution in [1.82, 2.24) is 10.2 Å². The standard InChI is InChI=1S/C16H24F2N2O3/c17-16(18)6-1-3-11(7-16)8-19-14(23)20-9-12-4-2-5-15(12,10-20)13(21)22/h11-12H,1-10H2,(H,19,23)(H,21,22)/t11?,12-,15+/m0/s1. The number of carboxylic acid groups (broad SMARTS) is 1. The SMILES string of the molecule is O=C(NCC1CCCC(F)(F)C1)N1C[C@@H]2CCC[C@@]2(C(=O)O)C1. The van der Waals surface area contributed by atoms with Crippen molar-refractivity contribution in [3.63, 3.8) is 0 Å². The van der Waals surface area contributed by atoms with Crippen LogP contribution in [0.3, 0.4) is 0 Å². The van der Waals surface area contributed by atoms with Gasteiger partial charge in [0.05, 0.1) is 5.41 Å². The molecule has 23 heavy (non-hydrogen) atoms. The molecule has 2 saturated carbocycles. The number of nitrogens with one attached hydrogen (secondary N) is 1. The second-order valence-corrected chi connectivity index (χ2v) is 7.44. The van der Waals surface area contributed by atoms with E-state index in [2.05, 4.69) is 5.32 Å². The van der Waals surface area contributed by atoms with Crippen LogP contribution in [0.15, 0.2) is 0 Å². The Bertz CT molecular complexity index is 500. The number of hydrogen-bond acceptors (Lipinski definition) is 2. The number of carbonyl (C=O) groups excluding carboxylic acids is 1. The highest BCUT2D eigenvalue weighted by molar-refractivity contribution is 5.80. The molecule has 1 heterocycles. The van der Waals surface area contributed by atoms with Gasteiger partial charge in [-0.25, -0.2) is 13.6 Å². The van der Waals surface area contributed by atoms with Crippen LogP contribution >= 0.6 is 0 Å². The van der Waals surface area contributed by atoms with Gasteiger partial charge in [-0.05, 0) is 37.5 Å². The molecule has 1 saturated heterocycles. The minimum Gasteiger partial charge on any atom is -0.481 e. The molecule has 1 unspecified atom stereocenters. The van der Waals surface area contributed by atoms with Gasteiger partial charge >= 0.3 is 12.0 Å². The molecule has 0 radical (unpaired) electrons. The minimum absolute atomic E-state index is 0.0183. The van der Waals surface area contributed by atoms with Gasteiger partial charge in [0.1, 0.15) is 0 Å². The van der Waals surface area contributed by atoms with E-state index in [-0.39, 0.29) is 43.8 Å². The van der Waals surface area contributed by atoms with Crippen LogP contribution in [0.4, 0.5) is 13.6 Å². The van der Waals surface area contributed by atoms with E-state index < -0.39 is 17.3 Å². The molecule has 2 aliphatic carbocycles. The summed E-state index contributed by atoms with van der Waals surface area (Å²) in [6.07, 6.45) is 3.31. The number of carboxylic acids is 1. The van der Waals surface area contributed by atoms with Crippen molar-refractivity contribution >= 4 is 12.0 Å². The number of hydrogen-bond donors (Lipinski definition) is 2. The maximum Gasteiger partial charge on any atom is 0.317 e. The van der Waals surface area contributed by atoms with E-state index in [4.69, 9.17) is 0 Å². The quantitative estimate of drug-likeness (QED) is 0.836. The first-order valence-electron chi connectivity index (χ1n) is 8.46. The Labute approximate surface area is 134 Å². The number of amides is 2. The van der Waals surface area contributed by atoms with Gasteiger partial charge in [-0.2, -0.15) is 0 Å². The first kappa shape index (κ1) is 16.5. The van der Waals surface area contributed by atoms with Crippen LogP contribution in [0.25, 0.3) is 0 Å². The Hall–Kier alpha value is -1.40. The van der Waals surface area contributed by atoms with Crippen molar-refractivity contribution in [2.45, 2.75) is 50.9 Å². The van der Waals surface area contributed by atoms with Crippen LogP contribution in [0.1, 0.15) is 44.9 Å². The van der Waals surface area contributed by atoms with Gasteiger partial charge < -0.3 is 15.3 Å². The van der Waals surface area contributed by atoms with Gasteiger partial charge in [-0.15, -0.1) is 0 Å². The van der Waals surface area contributed by atoms with Gasteiger partial charge in [-0.1, -0.05) is 6.42 Å². The number of carbonyl (C=O) groups is 2. The Morgan fingerprint density at radius 1 is 1.22 bits per heavy atom. The third-order valence-electron chi connectivity index (χ3n) is 5.87. The maximum absolute atomic E-state index is 13.4. The first-order chi connectivity index (χ1) is 10.8. The monoisotopic (exact) mass is 330 g/mol. The lowest BCUT2D eigenvalue weighted by molar-refractivity contribution is -0.149. The number of halogens is 2. The molecule has 3 rings (SSSR count). The predicted molar refractivity (Wildman–Crippen MR) is 79.3 cm³/mol. The molecule has 0 aromatic rings. The molecule has 2 amide bonds. The number of alkyl halides is 2. The van der Waals surface area contributed by atoms with E-state index in [1.54, 1.807) is 4.90 Å². The van der Waals surface area contributed by atoms with E-state index >= 15 is 0 Å². The summed E-state index contributed by atoms with van der Waals surface area (Å²) < 4.78 is 26.8. The van der Waals surface area contributed by atoms with Crippen molar-refractivity contribution in [3.8, 4) is 0 Å². The average molecular weight is 330 g/mol. The van der Waals surface area contributed by atoms with Gasteiger partial charge in [0.2, 0.25) is 5.92 Å². The van der Waals surface area contributed by atoms with Crippen LogP contribution in [-0.2, 0) is 4.79 Å². The summed E-state index contributed by atoms with van der Waals surface area (Å²) in [4.78, 5) is 25.4. The molecule has 5 nitrogen and oxygen atoms in total. The zero-order valence-electron chi connectivity index (χ0n) is 13.2. The highest BCUT2D eigenvalue weighted by Gasteiger charge is 2.55. The van der Waals surface area contributed by atoms with Gasteiger partial charge in [0, 0.05) is 32.5 Å². The largest absolute Gasteiger partial charge is 0.481 e. The summed E-state index contributed by atoms with van der Waals surface area (Å²) >= 11 is 0. The molecule has 3 atom stereocenters. The molecule has 130 valence electrons. The second-order valence-electron chi connectivity index (χ2n) is 7.44. The molecule has 0 bridgehead atoms. The third-order valence-corrected chi connectivity index (χ3v) is 5.87. The minimum atomic E-state index is -2.62. The number of fused-ring (bicyclic) bond motifs is 1. The van der Waals surface area contributed by atoms with E-state index in [9.17, 15) is 23.5 Å². The molecule has 3 fully saturated rings. The molecule has 0 aromatic carbocycles. The summed E-state index contributed by atoms with van der Waals surface area (Å²) in [5, 5.41) is 12.3. The van der Waals surface area contributed by atoms with Crippen LogP contribution in [0.2, 0.25) is 0 Å². The lowest BCUT2D eigenvalue weighted by atomic mass is 9.81. The topological polar surface area (TPSA) is 69.6 Å². The van der Waals surface area contributed by atoms with Crippen molar-refractivity contribution in [1.29, 1.82) is 0 Å². The molecule has 0 spiro atoms. The Morgan fingerprint density at radius 2 is 1.96 bits per heavy atom. The highest BCUT2D eigenvalue weighted by atomic mass is 19.3. The highest BCUT2D eigenvalue weighted by Crippen LogP contribution is 2.48. The molecule has 7 heteroatoms. The number of aliphatic carboxylic acids is 1. The summed E-state index contributed by atoms with van der Waals surface area (Å²) in [6, 6.07) is -0.311. The van der Waals surface area contributed by atoms with Gasteiger partial charge in [-0.3, -0.25) is 4.79 Å². The van der Waals surface area contributed by atoms with Crippen LogP contribution in [-0.4, -0.2) is 47.6 Å². The maximum atomic E-state index is 13.4. The van der Waals surface area contributed by atoms with Gasteiger partial charge in [0.25, 0.3) is 0 Å². The molecule has 1 aliphatic heterocycles. The number of nitrogens with zero attached hydrogens (tertiary/aromatic N) is 1. The molecular weight excluding hydrogens is 306 g/mol. The zero-order chi connectivity index (χ0) is 16.7. The average Bonchev–Trinajstić information content (AvgIpc) is 3.01. The Morgan fingerprint density at radius 3 is 2.61 bits per heavy atom. The normalized spacial score (nSPS) is 35.8. The van der Waals surface area contributed by atoms with E-state index in [0.717, 1.165) is 12.8 Å². The lowest BCUT2D eigenvalue weighted by Gasteiger charge is -2.29. The number of likely N-dealkylation sites (tertiary alicyclic amines) is 1. The van der Waals surface area contributed by atoms with Gasteiger partial charge in [0.15, 0.2) is 0 Å². The first-order valence-corrected chi connectivity index (χ1v) is 8.46. The summed E-state index contributed by atoms with van der Waals surface area (Å²) in [5.74, 6) is -3.61. The Balaban J connectivity index is 1.53. The fraction of sp³-hybridized carbons (Fsp3) is 0.875. The van der Waals surface area contributed by atoms with Crippen LogP contribution in [0, 0.1) is 17.3 Å². The Kier molecular flexibility index (Phi) is 4.23. The second kappa shape index (κ2) is 5.91. The third kappa shape index (κ3) is 3.15. The summed E-state index contributed by atoms with van der Waals surface area (Å²) in [5.41, 5.74) is -0.796. The summed E-state index contributed by atoms with van der Waals surface area (Å²) in [7, 11) is 0. The predicted octanol–water partition coefficient (Wildman–Crippen LogP) is 2.71. The number of rotatable bonds is 3. The molecule has 2 N–H and O–H groups in total. The van der Waals surface area contributed by atoms with Crippen molar-refractivity contribution < 1.29 is 23.5 Å². The van der Waals surface area contributed by atoms with Crippen LogP contribution < -0.4 is 5.32 Å². The molecule has 0 aromatic heterocycles. The smallest absolute Gasteiger partial charge is 0.317 e. The molecular formula is C16H24F2N2O3. The molecule has 3 aliphatic rings. The van der Waals surface area contributed by atoms with E-state index in [1.165, 1.54) is 0 Å². The van der Waals surface area contributed by atoms with E-state index in [0.29, 0.717) is 25.8 Å². The van der Waals surface area contributed by atoms with E-state index in [1.807, 2.05) is 0 Å². The zero-order valence-corrected chi connectivity index (χ0v) is 13.2. The van der Waals surface area contributed by atoms with Crippen molar-refractivity contribution in [3.05, 3.63) is 0 Å². The lowest BCUT2D eigenvalue weighted by Crippen LogP contribution is -2.44. The van der Waals surface area contributed by atoms with Crippen LogP contribution in [0.5, 0.6) is 0 Å². The van der Waals surface area contributed by atoms with Crippen molar-refractivity contribution in [2.75, 3.05) is 19.6 Å². The number of urea groups is 1. The summed E-state index contributed by atoms with van der Waals surface area (Å²) in [6.45, 7) is 0.939. The fourth-order valence-electron chi connectivity index (χ4n) is 4.59. The van der Waals surface area contributed by atoms with Crippen molar-refractivity contribution in [2.24, 2.45) is 17.3 Å².